The molecular formula is C16H15N3O3. The number of hydrogen-bond donors (Lipinski definition) is 0. The quantitative estimate of drug-likeness (QED) is 0.692. The molecule has 3 rings (SSSR count). The molecule has 0 aliphatic carbocycles. The molecule has 0 aliphatic rings. The number of esters is 1. The van der Waals surface area contributed by atoms with Crippen molar-refractivity contribution in [3.8, 4) is 5.75 Å². The summed E-state index contributed by atoms with van der Waals surface area (Å²) in [5, 5.41) is 8.13. The summed E-state index contributed by atoms with van der Waals surface area (Å²) < 4.78 is 12.2. The van der Waals surface area contributed by atoms with Gasteiger partial charge in [-0.25, -0.2) is 4.79 Å². The summed E-state index contributed by atoms with van der Waals surface area (Å²) >= 11 is 0. The predicted molar refractivity (Wildman–Crippen MR) is 79.8 cm³/mol. The maximum atomic E-state index is 11.7. The van der Waals surface area contributed by atoms with Crippen LogP contribution in [0, 0.1) is 6.92 Å². The fourth-order valence-corrected chi connectivity index (χ4v) is 2.11. The first kappa shape index (κ1) is 14.1. The van der Waals surface area contributed by atoms with Crippen LogP contribution in [-0.4, -0.2) is 27.7 Å². The van der Waals surface area contributed by atoms with Crippen LogP contribution in [0.3, 0.4) is 0 Å². The normalized spacial score (nSPS) is 10.6. The molecule has 2 heterocycles. The molecule has 0 fully saturated rings. The van der Waals surface area contributed by atoms with Crippen molar-refractivity contribution in [1.82, 2.24) is 14.6 Å². The van der Waals surface area contributed by atoms with E-state index in [1.165, 1.54) is 12.7 Å². The van der Waals surface area contributed by atoms with Gasteiger partial charge in [0.15, 0.2) is 11.5 Å². The van der Waals surface area contributed by atoms with Gasteiger partial charge in [-0.15, -0.1) is 10.2 Å². The van der Waals surface area contributed by atoms with Gasteiger partial charge in [0.25, 0.3) is 0 Å². The SMILES string of the molecule is COC(=O)c1cccn2c(COc3ccc(C)cc3)nnc12. The molecule has 3 aromatic rings. The minimum Gasteiger partial charge on any atom is -0.486 e. The Bertz CT molecular complexity index is 809. The largest absolute Gasteiger partial charge is 0.486 e. The molecule has 112 valence electrons. The Morgan fingerprint density at radius 3 is 2.68 bits per heavy atom. The number of pyridine rings is 1. The molecule has 0 saturated heterocycles. The third-order valence-electron chi connectivity index (χ3n) is 3.30. The summed E-state index contributed by atoms with van der Waals surface area (Å²) in [5.41, 5.74) is 2.00. The molecule has 1 aromatic carbocycles. The smallest absolute Gasteiger partial charge is 0.341 e. The lowest BCUT2D eigenvalue weighted by Gasteiger charge is -2.06. The second kappa shape index (κ2) is 5.85. The average Bonchev–Trinajstić information content (AvgIpc) is 2.97. The number of aromatic nitrogens is 3. The topological polar surface area (TPSA) is 65.7 Å². The maximum Gasteiger partial charge on any atom is 0.341 e. The number of carbonyl (C=O) groups is 1. The van der Waals surface area contributed by atoms with E-state index >= 15 is 0 Å². The molecule has 2 aromatic heterocycles. The van der Waals surface area contributed by atoms with Crippen LogP contribution in [0.1, 0.15) is 21.7 Å². The number of methoxy groups -OCH3 is 1. The third-order valence-corrected chi connectivity index (χ3v) is 3.30. The Hall–Kier alpha value is -2.89. The first-order valence-electron chi connectivity index (χ1n) is 6.79. The van der Waals surface area contributed by atoms with Gasteiger partial charge >= 0.3 is 5.97 Å². The van der Waals surface area contributed by atoms with Crippen molar-refractivity contribution < 1.29 is 14.3 Å². The molecule has 0 radical (unpaired) electrons. The zero-order valence-corrected chi connectivity index (χ0v) is 12.3. The Labute approximate surface area is 127 Å². The number of benzene rings is 1. The molecular weight excluding hydrogens is 282 g/mol. The minimum absolute atomic E-state index is 0.259. The highest BCUT2D eigenvalue weighted by Crippen LogP contribution is 2.15. The van der Waals surface area contributed by atoms with Crippen LogP contribution in [0.5, 0.6) is 5.75 Å². The Balaban J connectivity index is 1.86. The van der Waals surface area contributed by atoms with Crippen molar-refractivity contribution in [2.45, 2.75) is 13.5 Å². The molecule has 0 N–H and O–H groups in total. The van der Waals surface area contributed by atoms with Crippen molar-refractivity contribution >= 4 is 11.6 Å². The van der Waals surface area contributed by atoms with Gasteiger partial charge in [0, 0.05) is 6.20 Å². The molecule has 0 saturated carbocycles. The number of rotatable bonds is 4. The highest BCUT2D eigenvalue weighted by molar-refractivity contribution is 5.95. The number of nitrogens with zero attached hydrogens (tertiary/aromatic N) is 3. The maximum absolute atomic E-state index is 11.7. The van der Waals surface area contributed by atoms with Gasteiger partial charge in [-0.2, -0.15) is 0 Å². The summed E-state index contributed by atoms with van der Waals surface area (Å²) in [7, 11) is 1.34. The van der Waals surface area contributed by atoms with Crippen molar-refractivity contribution in [1.29, 1.82) is 0 Å². The number of carbonyl (C=O) groups excluding carboxylic acids is 1. The minimum atomic E-state index is -0.441. The predicted octanol–water partition coefficient (Wildman–Crippen LogP) is 2.40. The number of ether oxygens (including phenoxy) is 2. The summed E-state index contributed by atoms with van der Waals surface area (Å²) in [6, 6.07) is 11.2. The first-order chi connectivity index (χ1) is 10.7. The van der Waals surface area contributed by atoms with E-state index in [2.05, 4.69) is 10.2 Å². The van der Waals surface area contributed by atoms with Gasteiger partial charge in [-0.05, 0) is 31.2 Å². The van der Waals surface area contributed by atoms with Crippen molar-refractivity contribution in [3.63, 3.8) is 0 Å². The van der Waals surface area contributed by atoms with E-state index in [1.807, 2.05) is 31.2 Å². The van der Waals surface area contributed by atoms with Crippen LogP contribution in [0.15, 0.2) is 42.6 Å². The van der Waals surface area contributed by atoms with E-state index in [0.717, 1.165) is 5.75 Å². The van der Waals surface area contributed by atoms with Gasteiger partial charge in [0.1, 0.15) is 17.9 Å². The zero-order chi connectivity index (χ0) is 15.5. The number of fused-ring (bicyclic) bond motifs is 1. The first-order valence-corrected chi connectivity index (χ1v) is 6.79. The molecule has 0 aliphatic heterocycles. The molecule has 0 amide bonds. The van der Waals surface area contributed by atoms with Gasteiger partial charge < -0.3 is 9.47 Å². The summed E-state index contributed by atoms with van der Waals surface area (Å²) in [6.45, 7) is 2.28. The van der Waals surface area contributed by atoms with Gasteiger partial charge in [-0.3, -0.25) is 4.40 Å². The van der Waals surface area contributed by atoms with Crippen LogP contribution >= 0.6 is 0 Å². The Morgan fingerprint density at radius 1 is 1.18 bits per heavy atom. The van der Waals surface area contributed by atoms with Gasteiger partial charge in [-0.1, -0.05) is 17.7 Å². The monoisotopic (exact) mass is 297 g/mol. The molecule has 6 nitrogen and oxygen atoms in total. The van der Waals surface area contributed by atoms with E-state index in [1.54, 1.807) is 22.7 Å². The molecule has 6 heteroatoms. The van der Waals surface area contributed by atoms with E-state index in [0.29, 0.717) is 17.0 Å². The standard InChI is InChI=1S/C16H15N3O3/c1-11-5-7-12(8-6-11)22-10-14-17-18-15-13(16(20)21-2)4-3-9-19(14)15/h3-9H,10H2,1-2H3. The van der Waals surface area contributed by atoms with Crippen LogP contribution in [0.2, 0.25) is 0 Å². The number of aryl methyl sites for hydroxylation is 1. The lowest BCUT2D eigenvalue weighted by molar-refractivity contribution is 0.0602. The summed E-state index contributed by atoms with van der Waals surface area (Å²) in [5.74, 6) is 0.928. The summed E-state index contributed by atoms with van der Waals surface area (Å²) in [6.07, 6.45) is 1.79. The summed E-state index contributed by atoms with van der Waals surface area (Å²) in [4.78, 5) is 11.7. The van der Waals surface area contributed by atoms with Crippen molar-refractivity contribution in [2.75, 3.05) is 7.11 Å². The molecule has 0 bridgehead atoms. The van der Waals surface area contributed by atoms with Crippen LogP contribution in [0.25, 0.3) is 5.65 Å². The third kappa shape index (κ3) is 2.63. The average molecular weight is 297 g/mol. The Kier molecular flexibility index (Phi) is 3.74. The second-order valence-electron chi connectivity index (χ2n) is 4.83. The van der Waals surface area contributed by atoms with Gasteiger partial charge in [0.05, 0.1) is 7.11 Å². The fourth-order valence-electron chi connectivity index (χ4n) is 2.11. The zero-order valence-electron chi connectivity index (χ0n) is 12.3. The fraction of sp³-hybridized carbons (Fsp3) is 0.188. The lowest BCUT2D eigenvalue weighted by Crippen LogP contribution is -2.06. The van der Waals surface area contributed by atoms with Crippen LogP contribution < -0.4 is 4.74 Å². The van der Waals surface area contributed by atoms with Gasteiger partial charge in [0.2, 0.25) is 0 Å². The molecule has 22 heavy (non-hydrogen) atoms. The van der Waals surface area contributed by atoms with E-state index in [9.17, 15) is 4.79 Å². The second-order valence-corrected chi connectivity index (χ2v) is 4.83. The van der Waals surface area contributed by atoms with Crippen molar-refractivity contribution in [2.24, 2.45) is 0 Å². The number of hydrogen-bond acceptors (Lipinski definition) is 5. The van der Waals surface area contributed by atoms with E-state index in [-0.39, 0.29) is 6.61 Å². The molecule has 0 spiro atoms. The van der Waals surface area contributed by atoms with Crippen LogP contribution in [-0.2, 0) is 11.3 Å². The highest BCUT2D eigenvalue weighted by Gasteiger charge is 2.15. The van der Waals surface area contributed by atoms with E-state index < -0.39 is 5.97 Å². The lowest BCUT2D eigenvalue weighted by atomic mass is 10.2. The molecule has 0 unspecified atom stereocenters. The van der Waals surface area contributed by atoms with E-state index in [4.69, 9.17) is 9.47 Å². The molecule has 0 atom stereocenters. The Morgan fingerprint density at radius 2 is 1.95 bits per heavy atom. The van der Waals surface area contributed by atoms with Crippen LogP contribution in [0.4, 0.5) is 0 Å². The highest BCUT2D eigenvalue weighted by atomic mass is 16.5. The van der Waals surface area contributed by atoms with Crippen molar-refractivity contribution in [3.05, 3.63) is 59.5 Å².